The monoisotopic (exact) mass is 281 g/mol. The summed E-state index contributed by atoms with van der Waals surface area (Å²) in [4.78, 5) is 14.6. The molecular formula is C11H9ClFN5O. The maximum Gasteiger partial charge on any atom is 0.363 e. The van der Waals surface area contributed by atoms with Crippen LogP contribution >= 0.6 is 11.6 Å². The molecule has 0 radical (unpaired) electrons. The van der Waals surface area contributed by atoms with E-state index < -0.39 is 11.5 Å². The molecule has 0 unspecified atom stereocenters. The van der Waals surface area contributed by atoms with Crippen LogP contribution < -0.4 is 11.1 Å². The van der Waals surface area contributed by atoms with Gasteiger partial charge in [-0.15, -0.1) is 0 Å². The zero-order valence-electron chi connectivity index (χ0n) is 9.82. The summed E-state index contributed by atoms with van der Waals surface area (Å²) in [6, 6.07) is 4.31. The molecule has 8 heteroatoms. The maximum absolute atomic E-state index is 13.4. The minimum absolute atomic E-state index is 0.145. The molecule has 0 bridgehead atoms. The van der Waals surface area contributed by atoms with E-state index >= 15 is 0 Å². The van der Waals surface area contributed by atoms with Crippen molar-refractivity contribution in [1.82, 2.24) is 15.2 Å². The van der Waals surface area contributed by atoms with Gasteiger partial charge in [-0.1, -0.05) is 17.7 Å². The van der Waals surface area contributed by atoms with Crippen LogP contribution in [0.4, 0.5) is 10.2 Å². The van der Waals surface area contributed by atoms with E-state index in [0.29, 0.717) is 5.69 Å². The maximum atomic E-state index is 13.4. The fourth-order valence-electron chi connectivity index (χ4n) is 1.29. The minimum atomic E-state index is -0.604. The van der Waals surface area contributed by atoms with Gasteiger partial charge in [-0.2, -0.15) is 15.2 Å². The van der Waals surface area contributed by atoms with Crippen molar-refractivity contribution in [1.29, 1.82) is 0 Å². The molecule has 0 aliphatic heterocycles. The lowest BCUT2D eigenvalue weighted by Crippen LogP contribution is -2.15. The van der Waals surface area contributed by atoms with Crippen LogP contribution in [0, 0.1) is 12.7 Å². The molecule has 2 N–H and O–H groups in total. The summed E-state index contributed by atoms with van der Waals surface area (Å²) in [6.07, 6.45) is 1.21. The van der Waals surface area contributed by atoms with Gasteiger partial charge in [0, 0.05) is 5.56 Å². The van der Waals surface area contributed by atoms with Crippen LogP contribution in [-0.2, 0) is 0 Å². The number of aromatic amines is 1. The van der Waals surface area contributed by atoms with E-state index in [-0.39, 0.29) is 16.4 Å². The molecule has 0 atom stereocenters. The minimum Gasteiger partial charge on any atom is -0.260 e. The van der Waals surface area contributed by atoms with Crippen LogP contribution in [0.5, 0.6) is 0 Å². The van der Waals surface area contributed by atoms with Crippen LogP contribution in [-0.4, -0.2) is 21.4 Å². The lowest BCUT2D eigenvalue weighted by molar-refractivity contribution is 0.626. The van der Waals surface area contributed by atoms with Crippen LogP contribution in [0.1, 0.15) is 11.3 Å². The first-order valence-corrected chi connectivity index (χ1v) is 5.62. The quantitative estimate of drug-likeness (QED) is 0.663. The second-order valence-corrected chi connectivity index (χ2v) is 3.99. The molecule has 0 saturated heterocycles. The Hall–Kier alpha value is -2.28. The van der Waals surface area contributed by atoms with Gasteiger partial charge in [0.25, 0.3) is 0 Å². The highest BCUT2D eigenvalue weighted by Gasteiger charge is 2.04. The van der Waals surface area contributed by atoms with Gasteiger partial charge in [-0.3, -0.25) is 5.43 Å². The Morgan fingerprint density at radius 1 is 1.53 bits per heavy atom. The molecule has 0 aliphatic rings. The van der Waals surface area contributed by atoms with Crippen molar-refractivity contribution in [3.63, 3.8) is 0 Å². The highest BCUT2D eigenvalue weighted by atomic mass is 35.5. The van der Waals surface area contributed by atoms with Crippen LogP contribution in [0.3, 0.4) is 0 Å². The lowest BCUT2D eigenvalue weighted by Gasteiger charge is -2.02. The molecule has 1 heterocycles. The number of aromatic nitrogens is 3. The number of hydrazone groups is 1. The van der Waals surface area contributed by atoms with Crippen molar-refractivity contribution in [3.8, 4) is 0 Å². The smallest absolute Gasteiger partial charge is 0.260 e. The molecule has 1 aromatic heterocycles. The molecule has 0 spiro atoms. The molecule has 98 valence electrons. The number of nitrogens with zero attached hydrogens (tertiary/aromatic N) is 3. The number of hydrogen-bond acceptors (Lipinski definition) is 5. The van der Waals surface area contributed by atoms with Gasteiger partial charge in [0.1, 0.15) is 11.5 Å². The molecule has 2 aromatic rings. The summed E-state index contributed by atoms with van der Waals surface area (Å²) in [5.74, 6) is -0.306. The van der Waals surface area contributed by atoms with E-state index in [4.69, 9.17) is 11.6 Å². The molecule has 19 heavy (non-hydrogen) atoms. The molecule has 1 aromatic carbocycles. The highest BCUT2D eigenvalue weighted by molar-refractivity contribution is 6.33. The van der Waals surface area contributed by atoms with Crippen molar-refractivity contribution in [2.45, 2.75) is 6.92 Å². The number of H-pyrrole nitrogens is 1. The van der Waals surface area contributed by atoms with Gasteiger partial charge < -0.3 is 0 Å². The second-order valence-electron chi connectivity index (χ2n) is 3.58. The Morgan fingerprint density at radius 2 is 2.32 bits per heavy atom. The Labute approximate surface area is 112 Å². The zero-order chi connectivity index (χ0) is 13.8. The molecule has 0 fully saturated rings. The normalized spacial score (nSPS) is 10.9. The van der Waals surface area contributed by atoms with Gasteiger partial charge in [0.2, 0.25) is 0 Å². The van der Waals surface area contributed by atoms with E-state index in [0.717, 1.165) is 0 Å². The fourth-order valence-corrected chi connectivity index (χ4v) is 1.50. The molecule has 0 saturated carbocycles. The van der Waals surface area contributed by atoms with E-state index in [1.165, 1.54) is 18.3 Å². The Morgan fingerprint density at radius 3 is 3.05 bits per heavy atom. The van der Waals surface area contributed by atoms with Gasteiger partial charge >= 0.3 is 5.69 Å². The van der Waals surface area contributed by atoms with Crippen molar-refractivity contribution in [2.75, 3.05) is 5.43 Å². The summed E-state index contributed by atoms with van der Waals surface area (Å²) in [5.41, 5.74) is 2.50. The standard InChI is InChI=1S/C11H9ClFN5O/c1-6-10(15-11(19)18-16-6)17-14-5-7-8(12)3-2-4-9(7)13/h2-5H,1H3,(H2,15,17,18,19)/b14-5-. The van der Waals surface area contributed by atoms with E-state index in [2.05, 4.69) is 25.7 Å². The summed E-state index contributed by atoms with van der Waals surface area (Å²) in [5, 5.41) is 9.90. The third kappa shape index (κ3) is 3.14. The topological polar surface area (TPSA) is 83.0 Å². The van der Waals surface area contributed by atoms with Gasteiger partial charge in [0.05, 0.1) is 11.2 Å². The number of halogens is 2. The van der Waals surface area contributed by atoms with Gasteiger partial charge in [-0.05, 0) is 19.1 Å². The van der Waals surface area contributed by atoms with Crippen LogP contribution in [0.25, 0.3) is 0 Å². The fraction of sp³-hybridized carbons (Fsp3) is 0.0909. The number of hydrogen-bond donors (Lipinski definition) is 2. The summed E-state index contributed by atoms with van der Waals surface area (Å²) >= 11 is 5.83. The largest absolute Gasteiger partial charge is 0.363 e. The van der Waals surface area contributed by atoms with Crippen molar-refractivity contribution in [3.05, 3.63) is 50.8 Å². The molecule has 6 nitrogen and oxygen atoms in total. The van der Waals surface area contributed by atoms with Crippen molar-refractivity contribution >= 4 is 23.6 Å². The highest BCUT2D eigenvalue weighted by Crippen LogP contribution is 2.16. The number of benzene rings is 1. The van der Waals surface area contributed by atoms with E-state index in [1.807, 2.05) is 0 Å². The van der Waals surface area contributed by atoms with E-state index in [9.17, 15) is 9.18 Å². The Kier molecular flexibility index (Phi) is 3.86. The van der Waals surface area contributed by atoms with Gasteiger partial charge in [-0.25, -0.2) is 14.3 Å². The third-order valence-electron chi connectivity index (χ3n) is 2.24. The summed E-state index contributed by atoms with van der Waals surface area (Å²) < 4.78 is 13.4. The molecule has 2 rings (SSSR count). The number of aryl methyl sites for hydroxylation is 1. The molecule has 0 aliphatic carbocycles. The lowest BCUT2D eigenvalue weighted by atomic mass is 10.2. The Bertz CT molecular complexity index is 665. The first-order chi connectivity index (χ1) is 9.08. The summed E-state index contributed by atoms with van der Waals surface area (Å²) in [6.45, 7) is 1.64. The van der Waals surface area contributed by atoms with Crippen molar-refractivity contribution < 1.29 is 4.39 Å². The first-order valence-electron chi connectivity index (χ1n) is 5.24. The summed E-state index contributed by atoms with van der Waals surface area (Å²) in [7, 11) is 0. The molecule has 0 amide bonds. The second kappa shape index (κ2) is 5.57. The predicted molar refractivity (Wildman–Crippen MR) is 70.0 cm³/mol. The van der Waals surface area contributed by atoms with E-state index in [1.54, 1.807) is 13.0 Å². The van der Waals surface area contributed by atoms with Crippen molar-refractivity contribution in [2.24, 2.45) is 5.10 Å². The first kappa shape index (κ1) is 13.2. The Balaban J connectivity index is 2.20. The number of nitrogens with one attached hydrogen (secondary N) is 2. The zero-order valence-corrected chi connectivity index (χ0v) is 10.6. The molecular weight excluding hydrogens is 273 g/mol. The SMILES string of the molecule is Cc1n[nH]c(=O)nc1N/N=C\c1c(F)cccc1Cl. The number of rotatable bonds is 3. The average molecular weight is 282 g/mol. The third-order valence-corrected chi connectivity index (χ3v) is 2.57. The number of anilines is 1. The van der Waals surface area contributed by atoms with Crippen LogP contribution in [0.2, 0.25) is 5.02 Å². The van der Waals surface area contributed by atoms with Crippen LogP contribution in [0.15, 0.2) is 28.1 Å². The predicted octanol–water partition coefficient (Wildman–Crippen LogP) is 1.71. The van der Waals surface area contributed by atoms with Gasteiger partial charge in [0.15, 0.2) is 5.82 Å². The average Bonchev–Trinajstić information content (AvgIpc) is 2.37.